The molecular formula is C9H17N3O. The molecule has 1 unspecified atom stereocenters. The van der Waals surface area contributed by atoms with Gasteiger partial charge >= 0.3 is 0 Å². The van der Waals surface area contributed by atoms with Gasteiger partial charge < -0.3 is 10.5 Å². The Hall–Kier alpha value is -0.870. The minimum absolute atomic E-state index is 0.0659. The Morgan fingerprint density at radius 3 is 3.00 bits per heavy atom. The van der Waals surface area contributed by atoms with Gasteiger partial charge in [-0.25, -0.2) is 0 Å². The van der Waals surface area contributed by atoms with Crippen LogP contribution in [0.2, 0.25) is 0 Å². The molecule has 0 spiro atoms. The summed E-state index contributed by atoms with van der Waals surface area (Å²) < 4.78 is 6.85. The van der Waals surface area contributed by atoms with Crippen molar-refractivity contribution in [2.75, 3.05) is 13.7 Å². The van der Waals surface area contributed by atoms with Gasteiger partial charge in [-0.1, -0.05) is 0 Å². The highest BCUT2D eigenvalue weighted by molar-refractivity contribution is 5.07. The molecule has 0 amide bonds. The summed E-state index contributed by atoms with van der Waals surface area (Å²) >= 11 is 0. The summed E-state index contributed by atoms with van der Waals surface area (Å²) in [6.07, 6.45) is 4.79. The van der Waals surface area contributed by atoms with Crippen LogP contribution in [-0.2, 0) is 11.3 Å². The minimum atomic E-state index is 0.0659. The first kappa shape index (κ1) is 10.2. The van der Waals surface area contributed by atoms with Gasteiger partial charge in [0.2, 0.25) is 0 Å². The predicted molar refractivity (Wildman–Crippen MR) is 51.3 cm³/mol. The van der Waals surface area contributed by atoms with Crippen LogP contribution < -0.4 is 5.73 Å². The highest BCUT2D eigenvalue weighted by atomic mass is 16.5. The molecule has 0 aliphatic rings. The van der Waals surface area contributed by atoms with Gasteiger partial charge in [-0.05, 0) is 13.3 Å². The molecule has 0 saturated heterocycles. The zero-order chi connectivity index (χ0) is 9.68. The van der Waals surface area contributed by atoms with Crippen molar-refractivity contribution >= 4 is 0 Å². The number of rotatable bonds is 5. The molecule has 0 fully saturated rings. The number of methoxy groups -OCH3 is 1. The summed E-state index contributed by atoms with van der Waals surface area (Å²) in [5.74, 6) is 0. The molecule has 0 aliphatic heterocycles. The molecule has 0 bridgehead atoms. The molecule has 0 aliphatic carbocycles. The van der Waals surface area contributed by atoms with Gasteiger partial charge in [0.15, 0.2) is 0 Å². The summed E-state index contributed by atoms with van der Waals surface area (Å²) in [7, 11) is 1.70. The van der Waals surface area contributed by atoms with E-state index in [0.29, 0.717) is 0 Å². The number of nitrogens with zero attached hydrogens (tertiary/aromatic N) is 2. The molecule has 4 nitrogen and oxygen atoms in total. The lowest BCUT2D eigenvalue weighted by molar-refractivity contribution is 0.189. The molecule has 0 radical (unpaired) electrons. The summed E-state index contributed by atoms with van der Waals surface area (Å²) in [6, 6.07) is 0.0659. The Labute approximate surface area is 78.7 Å². The van der Waals surface area contributed by atoms with Crippen molar-refractivity contribution in [3.8, 4) is 0 Å². The quantitative estimate of drug-likeness (QED) is 0.691. The highest BCUT2D eigenvalue weighted by Crippen LogP contribution is 2.07. The van der Waals surface area contributed by atoms with E-state index >= 15 is 0 Å². The van der Waals surface area contributed by atoms with Crippen molar-refractivity contribution in [1.82, 2.24) is 9.78 Å². The molecule has 2 N–H and O–H groups in total. The summed E-state index contributed by atoms with van der Waals surface area (Å²) in [5, 5.41) is 4.19. The van der Waals surface area contributed by atoms with Crippen molar-refractivity contribution in [3.63, 3.8) is 0 Å². The van der Waals surface area contributed by atoms with Crippen LogP contribution in [0.5, 0.6) is 0 Å². The molecule has 1 heterocycles. The summed E-state index contributed by atoms with van der Waals surface area (Å²) in [5.41, 5.74) is 6.78. The highest BCUT2D eigenvalue weighted by Gasteiger charge is 2.01. The van der Waals surface area contributed by atoms with E-state index in [1.54, 1.807) is 7.11 Å². The van der Waals surface area contributed by atoms with Gasteiger partial charge in [0.05, 0.1) is 6.20 Å². The molecule has 1 rings (SSSR count). The molecule has 1 aromatic heterocycles. The Morgan fingerprint density at radius 2 is 2.46 bits per heavy atom. The maximum Gasteiger partial charge on any atom is 0.0537 e. The van der Waals surface area contributed by atoms with Crippen LogP contribution in [0, 0.1) is 0 Å². The molecular weight excluding hydrogens is 166 g/mol. The fourth-order valence-corrected chi connectivity index (χ4v) is 1.11. The molecule has 13 heavy (non-hydrogen) atoms. The number of nitrogens with two attached hydrogens (primary N) is 1. The van der Waals surface area contributed by atoms with Crippen LogP contribution in [0.4, 0.5) is 0 Å². The minimum Gasteiger partial charge on any atom is -0.385 e. The molecule has 74 valence electrons. The first-order valence-corrected chi connectivity index (χ1v) is 4.51. The zero-order valence-electron chi connectivity index (χ0n) is 8.23. The van der Waals surface area contributed by atoms with E-state index in [1.165, 1.54) is 0 Å². The Balaban J connectivity index is 2.40. The third-order valence-electron chi connectivity index (χ3n) is 1.91. The summed E-state index contributed by atoms with van der Waals surface area (Å²) in [6.45, 7) is 3.62. The van der Waals surface area contributed by atoms with Gasteiger partial charge in [0, 0.05) is 38.1 Å². The van der Waals surface area contributed by atoms with Crippen molar-refractivity contribution in [2.45, 2.75) is 25.9 Å². The Kier molecular flexibility index (Phi) is 3.92. The molecule has 1 aromatic rings. The molecule has 0 saturated carbocycles. The van der Waals surface area contributed by atoms with E-state index in [2.05, 4.69) is 5.10 Å². The lowest BCUT2D eigenvalue weighted by Gasteiger charge is -2.00. The average Bonchev–Trinajstić information content (AvgIpc) is 2.53. The third kappa shape index (κ3) is 3.16. The molecule has 4 heteroatoms. The predicted octanol–water partition coefficient (Wildman–Crippen LogP) is 0.939. The third-order valence-corrected chi connectivity index (χ3v) is 1.91. The van der Waals surface area contributed by atoms with Crippen molar-refractivity contribution in [1.29, 1.82) is 0 Å². The van der Waals surface area contributed by atoms with Crippen LogP contribution >= 0.6 is 0 Å². The van der Waals surface area contributed by atoms with E-state index in [0.717, 1.165) is 25.1 Å². The smallest absolute Gasteiger partial charge is 0.0537 e. The topological polar surface area (TPSA) is 53.1 Å². The Morgan fingerprint density at radius 1 is 1.69 bits per heavy atom. The van der Waals surface area contributed by atoms with Crippen LogP contribution in [0.15, 0.2) is 12.4 Å². The van der Waals surface area contributed by atoms with Crippen LogP contribution in [0.3, 0.4) is 0 Å². The van der Waals surface area contributed by atoms with Gasteiger partial charge in [0.1, 0.15) is 0 Å². The lowest BCUT2D eigenvalue weighted by atomic mass is 10.2. The molecule has 0 aromatic carbocycles. The number of hydrogen-bond acceptors (Lipinski definition) is 3. The fourth-order valence-electron chi connectivity index (χ4n) is 1.11. The number of aromatic nitrogens is 2. The van der Waals surface area contributed by atoms with Crippen LogP contribution in [0.25, 0.3) is 0 Å². The number of aryl methyl sites for hydroxylation is 1. The van der Waals surface area contributed by atoms with Gasteiger partial charge in [0.25, 0.3) is 0 Å². The second kappa shape index (κ2) is 4.99. The first-order chi connectivity index (χ1) is 6.24. The van der Waals surface area contributed by atoms with Crippen LogP contribution in [0.1, 0.15) is 24.9 Å². The SMILES string of the molecule is COCCCn1cc(C(C)N)cn1. The normalized spacial score (nSPS) is 13.2. The van der Waals surface area contributed by atoms with Crippen LogP contribution in [-0.4, -0.2) is 23.5 Å². The standard InChI is InChI=1S/C9H17N3O/c1-8(10)9-6-11-12(7-9)4-3-5-13-2/h6-8H,3-5,10H2,1-2H3. The van der Waals surface area contributed by atoms with E-state index < -0.39 is 0 Å². The average molecular weight is 183 g/mol. The maximum absolute atomic E-state index is 5.70. The lowest BCUT2D eigenvalue weighted by Crippen LogP contribution is -2.04. The van der Waals surface area contributed by atoms with Gasteiger partial charge in [-0.3, -0.25) is 4.68 Å². The second-order valence-corrected chi connectivity index (χ2v) is 3.17. The largest absolute Gasteiger partial charge is 0.385 e. The van der Waals surface area contributed by atoms with E-state index in [-0.39, 0.29) is 6.04 Å². The van der Waals surface area contributed by atoms with Crippen molar-refractivity contribution in [3.05, 3.63) is 18.0 Å². The zero-order valence-corrected chi connectivity index (χ0v) is 8.23. The van der Waals surface area contributed by atoms with E-state index in [9.17, 15) is 0 Å². The maximum atomic E-state index is 5.70. The summed E-state index contributed by atoms with van der Waals surface area (Å²) in [4.78, 5) is 0. The first-order valence-electron chi connectivity index (χ1n) is 4.51. The van der Waals surface area contributed by atoms with E-state index in [1.807, 2.05) is 24.0 Å². The Bertz CT molecular complexity index is 245. The number of hydrogen-bond donors (Lipinski definition) is 1. The fraction of sp³-hybridized carbons (Fsp3) is 0.667. The number of ether oxygens (including phenoxy) is 1. The van der Waals surface area contributed by atoms with E-state index in [4.69, 9.17) is 10.5 Å². The van der Waals surface area contributed by atoms with Crippen molar-refractivity contribution < 1.29 is 4.74 Å². The second-order valence-electron chi connectivity index (χ2n) is 3.17. The van der Waals surface area contributed by atoms with Gasteiger partial charge in [-0.15, -0.1) is 0 Å². The molecule has 1 atom stereocenters. The van der Waals surface area contributed by atoms with Crippen molar-refractivity contribution in [2.24, 2.45) is 5.73 Å². The monoisotopic (exact) mass is 183 g/mol. The van der Waals surface area contributed by atoms with Gasteiger partial charge in [-0.2, -0.15) is 5.10 Å².